The number of hydrogen-bond acceptors (Lipinski definition) is 9. The van der Waals surface area contributed by atoms with Gasteiger partial charge in [0.05, 0.1) is 25.5 Å². The molecule has 0 amide bonds. The maximum atomic E-state index is 10.5. The zero-order valence-electron chi connectivity index (χ0n) is 30.8. The van der Waals surface area contributed by atoms with Crippen LogP contribution in [0.15, 0.2) is 77.2 Å². The molecule has 0 fully saturated rings. The highest BCUT2D eigenvalue weighted by Crippen LogP contribution is 2.38. The first-order valence-corrected chi connectivity index (χ1v) is 15.9. The molecule has 0 atom stereocenters. The van der Waals surface area contributed by atoms with Crippen LogP contribution in [0, 0.1) is 0 Å². The van der Waals surface area contributed by atoms with E-state index < -0.39 is 0 Å². The summed E-state index contributed by atoms with van der Waals surface area (Å²) in [4.78, 5) is 36.1. The molecule has 1 aromatic rings. The van der Waals surface area contributed by atoms with Crippen LogP contribution >= 0.6 is 0 Å². The molecule has 1 aromatic carbocycles. The van der Waals surface area contributed by atoms with Crippen molar-refractivity contribution in [2.24, 2.45) is 10.7 Å². The summed E-state index contributed by atoms with van der Waals surface area (Å²) >= 11 is 0. The lowest BCUT2D eigenvalue weighted by atomic mass is 9.93. The number of nitrogens with zero attached hydrogens (tertiary/aromatic N) is 2. The van der Waals surface area contributed by atoms with Crippen molar-refractivity contribution in [1.82, 2.24) is 0 Å². The fourth-order valence-corrected chi connectivity index (χ4v) is 4.00. The molecule has 1 heterocycles. The fraction of sp³-hybridized carbons (Fsp3) is 0.421. The summed E-state index contributed by atoms with van der Waals surface area (Å²) in [5.74, 6) is 0.664. The van der Waals surface area contributed by atoms with E-state index in [-0.39, 0.29) is 5.97 Å². The van der Waals surface area contributed by atoms with Crippen molar-refractivity contribution in [3.05, 3.63) is 78.7 Å². The number of allylic oxidation sites excluding steroid dienone is 3. The highest BCUT2D eigenvalue weighted by molar-refractivity contribution is 6.01. The highest BCUT2D eigenvalue weighted by Gasteiger charge is 2.18. The SMILES string of the molecule is C=C/C(=C\C)c1c2ccc(=NCC)cc-2oc2cc(N(CC)CC)ccc12.C=CCC(=O)OCCC.C=O.C=O.CCC.CN.COF. The van der Waals surface area contributed by atoms with Crippen LogP contribution in [-0.2, 0) is 24.1 Å². The van der Waals surface area contributed by atoms with Crippen LogP contribution in [0.4, 0.5) is 10.2 Å². The summed E-state index contributed by atoms with van der Waals surface area (Å²) in [5.41, 5.74) is 9.92. The number of nitrogens with two attached hydrogens (primary N) is 1. The van der Waals surface area contributed by atoms with Gasteiger partial charge in [0.25, 0.3) is 0 Å². The minimum Gasteiger partial charge on any atom is -0.465 e. The molecule has 0 radical (unpaired) electrons. The molecule has 270 valence electrons. The quantitative estimate of drug-likeness (QED) is 0.0983. The second kappa shape index (κ2) is 35.4. The van der Waals surface area contributed by atoms with E-state index in [2.05, 4.69) is 97.8 Å². The number of carbonyl (C=O) groups is 3. The lowest BCUT2D eigenvalue weighted by Crippen LogP contribution is -2.21. The Morgan fingerprint density at radius 3 is 1.98 bits per heavy atom. The van der Waals surface area contributed by atoms with E-state index in [0.29, 0.717) is 13.0 Å². The van der Waals surface area contributed by atoms with Crippen molar-refractivity contribution >= 4 is 41.8 Å². The number of benzene rings is 2. The summed E-state index contributed by atoms with van der Waals surface area (Å²) < 4.78 is 20.9. The molecular weight excluding hydrogens is 613 g/mol. The minimum atomic E-state index is -0.188. The van der Waals surface area contributed by atoms with E-state index in [1.54, 1.807) is 0 Å². The van der Waals surface area contributed by atoms with Crippen LogP contribution in [0.1, 0.15) is 73.3 Å². The summed E-state index contributed by atoms with van der Waals surface area (Å²) in [6.07, 6.45) is 8.00. The summed E-state index contributed by atoms with van der Waals surface area (Å²) in [6.45, 7) is 29.3. The number of anilines is 1. The number of rotatable bonds is 10. The van der Waals surface area contributed by atoms with E-state index in [4.69, 9.17) is 18.7 Å². The summed E-state index contributed by atoms with van der Waals surface area (Å²) in [5, 5.41) is 2.05. The van der Waals surface area contributed by atoms with Gasteiger partial charge in [-0.1, -0.05) is 52.0 Å². The number of halogens is 1. The van der Waals surface area contributed by atoms with Crippen molar-refractivity contribution in [1.29, 1.82) is 0 Å². The molecule has 10 heteroatoms. The Kier molecular flexibility index (Phi) is 37.3. The van der Waals surface area contributed by atoms with E-state index in [1.165, 1.54) is 25.2 Å². The monoisotopic (exact) mass is 673 g/mol. The zero-order valence-corrected chi connectivity index (χ0v) is 30.8. The maximum absolute atomic E-state index is 10.5. The Hall–Kier alpha value is -4.41. The molecule has 2 aliphatic rings. The van der Waals surface area contributed by atoms with Gasteiger partial charge in [-0.05, 0) is 75.5 Å². The van der Waals surface area contributed by atoms with Crippen molar-refractivity contribution in [2.45, 2.75) is 67.7 Å². The average Bonchev–Trinajstić information content (AvgIpc) is 3.12. The van der Waals surface area contributed by atoms with Crippen LogP contribution in [0.5, 0.6) is 0 Å². The van der Waals surface area contributed by atoms with Crippen LogP contribution in [0.3, 0.4) is 0 Å². The number of fused-ring (bicyclic) bond motifs is 2. The van der Waals surface area contributed by atoms with Gasteiger partial charge >= 0.3 is 5.97 Å². The van der Waals surface area contributed by atoms with Gasteiger partial charge in [-0.25, -0.2) is 0 Å². The molecule has 0 saturated heterocycles. The van der Waals surface area contributed by atoms with Gasteiger partial charge in [-0.2, -0.15) is 4.94 Å². The van der Waals surface area contributed by atoms with Gasteiger partial charge in [-0.3, -0.25) is 9.79 Å². The Morgan fingerprint density at radius 2 is 1.54 bits per heavy atom. The topological polar surface area (TPSA) is 124 Å². The molecule has 1 aliphatic carbocycles. The third-order valence-corrected chi connectivity index (χ3v) is 5.76. The Morgan fingerprint density at radius 1 is 0.979 bits per heavy atom. The predicted molar refractivity (Wildman–Crippen MR) is 201 cm³/mol. The molecule has 48 heavy (non-hydrogen) atoms. The first-order chi connectivity index (χ1) is 23.3. The van der Waals surface area contributed by atoms with E-state index >= 15 is 0 Å². The fourth-order valence-electron chi connectivity index (χ4n) is 4.00. The van der Waals surface area contributed by atoms with Crippen LogP contribution in [0.25, 0.3) is 27.9 Å². The third-order valence-electron chi connectivity index (χ3n) is 5.76. The normalized spacial score (nSPS) is 9.81. The molecule has 0 bridgehead atoms. The number of carbonyl (C=O) groups excluding carboxylic acids is 3. The maximum Gasteiger partial charge on any atom is 0.309 e. The average molecular weight is 674 g/mol. The van der Waals surface area contributed by atoms with Gasteiger partial charge in [0.15, 0.2) is 0 Å². The molecule has 0 saturated carbocycles. The van der Waals surface area contributed by atoms with Crippen molar-refractivity contribution in [3.8, 4) is 11.3 Å². The van der Waals surface area contributed by atoms with Gasteiger partial charge in [0.2, 0.25) is 0 Å². The highest BCUT2D eigenvalue weighted by atomic mass is 19.3. The van der Waals surface area contributed by atoms with Crippen LogP contribution < -0.4 is 16.0 Å². The molecule has 3 rings (SSSR count). The first kappa shape index (κ1) is 50.4. The van der Waals surface area contributed by atoms with E-state index in [1.807, 2.05) is 46.5 Å². The Bertz CT molecular complexity index is 1320. The molecule has 1 aliphatic heterocycles. The molecule has 9 nitrogen and oxygen atoms in total. The van der Waals surface area contributed by atoms with E-state index in [0.717, 1.165) is 72.0 Å². The number of ether oxygens (including phenoxy) is 1. The zero-order chi connectivity index (χ0) is 37.9. The molecule has 0 aromatic heterocycles. The summed E-state index contributed by atoms with van der Waals surface area (Å²) in [7, 11) is 2.46. The van der Waals surface area contributed by atoms with Crippen molar-refractivity contribution in [3.63, 3.8) is 0 Å². The largest absolute Gasteiger partial charge is 0.465 e. The van der Waals surface area contributed by atoms with Crippen LogP contribution in [-0.4, -0.2) is 59.9 Å². The second-order valence-corrected chi connectivity index (χ2v) is 9.01. The Balaban J connectivity index is -0.000000383. The Labute approximate surface area is 288 Å². The lowest BCUT2D eigenvalue weighted by Gasteiger charge is -2.22. The molecule has 2 N–H and O–H groups in total. The van der Waals surface area contributed by atoms with Gasteiger partial charge in [0, 0.05) is 54.0 Å². The number of hydrogen-bond donors (Lipinski definition) is 1. The minimum absolute atomic E-state index is 0.188. The first-order valence-electron chi connectivity index (χ1n) is 15.9. The molecule has 0 unspecified atom stereocenters. The second-order valence-electron chi connectivity index (χ2n) is 9.01. The van der Waals surface area contributed by atoms with Crippen LogP contribution in [0.2, 0.25) is 0 Å². The van der Waals surface area contributed by atoms with Crippen molar-refractivity contribution in [2.75, 3.05) is 45.3 Å². The number of esters is 1. The smallest absolute Gasteiger partial charge is 0.309 e. The third kappa shape index (κ3) is 19.3. The van der Waals surface area contributed by atoms with E-state index in [9.17, 15) is 9.32 Å². The molecule has 0 spiro atoms. The molecular formula is C38H60FN3O6. The standard InChI is InChI=1S/C24H28N2O.C7H12O2.C3H8.CH3FO.CH5N.2CH2O/c1-6-17(7-2)24-20-13-11-18(25-8-3)15-22(20)27-23-16-19(12-14-21(23)24)26(9-4)10-5;1-3-5-7(8)9-6-4-2;2*1-3-2;3*1-2/h6-7,11-16H,1,8-10H2,2-5H3;3H,1,4-6H2,2H3;3H2,1-2H3;1H3;2H2,1H3;2*1H2/b17-7+,25-18?;;;;;;. The lowest BCUT2D eigenvalue weighted by molar-refractivity contribution is -0.142. The van der Waals surface area contributed by atoms with Crippen molar-refractivity contribution < 1.29 is 33.0 Å². The van der Waals surface area contributed by atoms with Gasteiger partial charge < -0.3 is 29.4 Å². The predicted octanol–water partition coefficient (Wildman–Crippen LogP) is 8.55. The van der Waals surface area contributed by atoms with Gasteiger partial charge in [-0.15, -0.1) is 6.58 Å². The summed E-state index contributed by atoms with van der Waals surface area (Å²) in [6, 6.07) is 12.7. The van der Waals surface area contributed by atoms with Gasteiger partial charge in [0.1, 0.15) is 24.9 Å².